The van der Waals surface area contributed by atoms with Gasteiger partial charge in [0.15, 0.2) is 0 Å². The molecule has 22 heavy (non-hydrogen) atoms. The predicted molar refractivity (Wildman–Crippen MR) is 99.0 cm³/mol. The zero-order chi connectivity index (χ0) is 14.7. The van der Waals surface area contributed by atoms with E-state index in [9.17, 15) is 5.11 Å². The van der Waals surface area contributed by atoms with Crippen molar-refractivity contribution in [2.45, 2.75) is 33.2 Å². The average Bonchev–Trinajstić information content (AvgIpc) is 2.45. The number of piperazine rings is 1. The molecule has 0 saturated carbocycles. The van der Waals surface area contributed by atoms with Crippen molar-refractivity contribution >= 4 is 36.4 Å². The van der Waals surface area contributed by atoms with Crippen LogP contribution in [0.5, 0.6) is 5.75 Å². The summed E-state index contributed by atoms with van der Waals surface area (Å²) in [6, 6.07) is 3.99. The molecule has 3 nitrogen and oxygen atoms in total. The largest absolute Gasteiger partial charge is 0.507 e. The topological polar surface area (TPSA) is 35.5 Å². The lowest BCUT2D eigenvalue weighted by molar-refractivity contribution is 0.126. The first-order valence-corrected chi connectivity index (χ1v) is 7.86. The maximum atomic E-state index is 10.5. The highest BCUT2D eigenvalue weighted by atomic mass is 35.5. The molecule has 0 spiro atoms. The summed E-state index contributed by atoms with van der Waals surface area (Å²) in [5.41, 5.74) is 1.84. The Morgan fingerprint density at radius 2 is 1.86 bits per heavy atom. The highest BCUT2D eigenvalue weighted by molar-refractivity contribution is 6.30. The second-order valence-electron chi connectivity index (χ2n) is 5.78. The molecular weight excluding hydrogens is 343 g/mol. The predicted octanol–water partition coefficient (Wildman–Crippen LogP) is 4.19. The van der Waals surface area contributed by atoms with Gasteiger partial charge in [-0.2, -0.15) is 0 Å². The van der Waals surface area contributed by atoms with E-state index in [0.29, 0.717) is 16.7 Å². The highest BCUT2D eigenvalue weighted by Crippen LogP contribution is 2.39. The Morgan fingerprint density at radius 3 is 2.41 bits per heavy atom. The van der Waals surface area contributed by atoms with Crippen LogP contribution in [0.3, 0.4) is 0 Å². The Kier molecular flexibility index (Phi) is 9.75. The van der Waals surface area contributed by atoms with Crippen molar-refractivity contribution in [1.29, 1.82) is 0 Å². The van der Waals surface area contributed by atoms with E-state index in [0.717, 1.165) is 43.7 Å². The molecule has 0 aromatic heterocycles. The fraction of sp³-hybridized carbons (Fsp3) is 0.625. The van der Waals surface area contributed by atoms with Crippen LogP contribution in [0, 0.1) is 12.8 Å². The van der Waals surface area contributed by atoms with Gasteiger partial charge in [-0.3, -0.25) is 4.90 Å². The highest BCUT2D eigenvalue weighted by Gasteiger charge is 2.29. The Labute approximate surface area is 151 Å². The second-order valence-corrected chi connectivity index (χ2v) is 6.21. The van der Waals surface area contributed by atoms with Crippen molar-refractivity contribution < 1.29 is 5.11 Å². The fourth-order valence-corrected chi connectivity index (χ4v) is 3.31. The number of halogens is 3. The lowest BCUT2D eigenvalue weighted by atomic mass is 9.89. The number of hydrogen-bond acceptors (Lipinski definition) is 3. The van der Waals surface area contributed by atoms with Crippen molar-refractivity contribution in [1.82, 2.24) is 10.2 Å². The zero-order valence-corrected chi connectivity index (χ0v) is 15.8. The van der Waals surface area contributed by atoms with Crippen LogP contribution < -0.4 is 5.32 Å². The standard InChI is InChI=1S/C16H25ClN2O.2ClH/c1-4-11(2)15(19-7-5-18-6-8-19)14-10-13(17)9-12(3)16(14)20;;/h9-11,15,18,20H,4-8H2,1-3H3;2*1H/t11?,15-;;/m1../s1. The number of phenolic OH excluding ortho intramolecular Hbond substituents is 1. The van der Waals surface area contributed by atoms with Gasteiger partial charge in [0.2, 0.25) is 0 Å². The Bertz CT molecular complexity index is 465. The normalized spacial score (nSPS) is 18.0. The maximum Gasteiger partial charge on any atom is 0.123 e. The second kappa shape index (κ2) is 9.84. The minimum atomic E-state index is 0. The van der Waals surface area contributed by atoms with Crippen LogP contribution in [0.1, 0.15) is 37.4 Å². The zero-order valence-electron chi connectivity index (χ0n) is 13.4. The first-order valence-electron chi connectivity index (χ1n) is 7.48. The van der Waals surface area contributed by atoms with Gasteiger partial charge in [0.05, 0.1) is 0 Å². The van der Waals surface area contributed by atoms with E-state index in [4.69, 9.17) is 11.6 Å². The average molecular weight is 370 g/mol. The Hall–Kier alpha value is -0.190. The molecule has 1 aromatic rings. The van der Waals surface area contributed by atoms with Crippen LogP contribution in [0.15, 0.2) is 12.1 Å². The van der Waals surface area contributed by atoms with Crippen LogP contribution in [0.2, 0.25) is 5.02 Å². The quantitative estimate of drug-likeness (QED) is 0.835. The Morgan fingerprint density at radius 1 is 1.27 bits per heavy atom. The van der Waals surface area contributed by atoms with E-state index in [1.165, 1.54) is 0 Å². The molecule has 1 saturated heterocycles. The smallest absolute Gasteiger partial charge is 0.123 e. The molecule has 0 aliphatic carbocycles. The van der Waals surface area contributed by atoms with Gasteiger partial charge in [0.25, 0.3) is 0 Å². The number of aryl methyl sites for hydroxylation is 1. The molecule has 2 atom stereocenters. The number of phenols is 1. The molecular formula is C16H27Cl3N2O. The van der Waals surface area contributed by atoms with Crippen LogP contribution in [0.4, 0.5) is 0 Å². The van der Waals surface area contributed by atoms with Crippen molar-refractivity contribution in [2.24, 2.45) is 5.92 Å². The van der Waals surface area contributed by atoms with Gasteiger partial charge in [-0.25, -0.2) is 0 Å². The minimum absolute atomic E-state index is 0. The number of hydrogen-bond donors (Lipinski definition) is 2. The molecule has 6 heteroatoms. The van der Waals surface area contributed by atoms with E-state index in [1.807, 2.05) is 19.1 Å². The van der Waals surface area contributed by atoms with E-state index >= 15 is 0 Å². The summed E-state index contributed by atoms with van der Waals surface area (Å²) in [6.45, 7) is 10.4. The number of rotatable bonds is 4. The van der Waals surface area contributed by atoms with Crippen LogP contribution in [-0.2, 0) is 0 Å². The third-order valence-electron chi connectivity index (χ3n) is 4.34. The molecule has 0 amide bonds. The summed E-state index contributed by atoms with van der Waals surface area (Å²) >= 11 is 6.21. The van der Waals surface area contributed by atoms with Gasteiger partial charge in [-0.1, -0.05) is 31.9 Å². The molecule has 0 bridgehead atoms. The molecule has 1 heterocycles. The molecule has 1 fully saturated rings. The van der Waals surface area contributed by atoms with Crippen molar-refractivity contribution in [3.63, 3.8) is 0 Å². The molecule has 1 aliphatic rings. The first-order chi connectivity index (χ1) is 9.54. The molecule has 2 N–H and O–H groups in total. The van der Waals surface area contributed by atoms with Gasteiger partial charge in [0.1, 0.15) is 5.75 Å². The third-order valence-corrected chi connectivity index (χ3v) is 4.56. The van der Waals surface area contributed by atoms with Crippen LogP contribution in [-0.4, -0.2) is 36.2 Å². The summed E-state index contributed by atoms with van der Waals surface area (Å²) in [7, 11) is 0. The molecule has 1 aliphatic heterocycles. The maximum absolute atomic E-state index is 10.5. The van der Waals surface area contributed by atoms with Crippen molar-refractivity contribution in [3.8, 4) is 5.75 Å². The van der Waals surface area contributed by atoms with Gasteiger partial charge in [-0.05, 0) is 30.5 Å². The van der Waals surface area contributed by atoms with Gasteiger partial charge < -0.3 is 10.4 Å². The minimum Gasteiger partial charge on any atom is -0.507 e. The van der Waals surface area contributed by atoms with E-state index in [-0.39, 0.29) is 30.9 Å². The summed E-state index contributed by atoms with van der Waals surface area (Å²) in [5.74, 6) is 0.884. The van der Waals surface area contributed by atoms with Gasteiger partial charge in [0, 0.05) is 42.8 Å². The lowest BCUT2D eigenvalue weighted by Crippen LogP contribution is -2.46. The summed E-state index contributed by atoms with van der Waals surface area (Å²) in [6.07, 6.45) is 1.08. The van der Waals surface area contributed by atoms with E-state index in [2.05, 4.69) is 24.1 Å². The summed E-state index contributed by atoms with van der Waals surface area (Å²) in [5, 5.41) is 14.6. The lowest BCUT2D eigenvalue weighted by Gasteiger charge is -2.39. The summed E-state index contributed by atoms with van der Waals surface area (Å²) in [4.78, 5) is 2.47. The fourth-order valence-electron chi connectivity index (χ4n) is 3.03. The van der Waals surface area contributed by atoms with Crippen LogP contribution in [0.25, 0.3) is 0 Å². The van der Waals surface area contributed by atoms with Gasteiger partial charge >= 0.3 is 0 Å². The number of benzene rings is 1. The third kappa shape index (κ3) is 4.90. The van der Waals surface area contributed by atoms with Crippen LogP contribution >= 0.6 is 36.4 Å². The Balaban J connectivity index is 0.00000220. The monoisotopic (exact) mass is 368 g/mol. The van der Waals surface area contributed by atoms with Gasteiger partial charge in [-0.15, -0.1) is 24.8 Å². The van der Waals surface area contributed by atoms with E-state index in [1.54, 1.807) is 0 Å². The van der Waals surface area contributed by atoms with Crippen molar-refractivity contribution in [2.75, 3.05) is 26.2 Å². The van der Waals surface area contributed by atoms with Crippen molar-refractivity contribution in [3.05, 3.63) is 28.3 Å². The molecule has 0 radical (unpaired) electrons. The SMILES string of the molecule is CCC(C)[C@H](c1cc(Cl)cc(C)c1O)N1CCNCC1.Cl.Cl. The number of aromatic hydroxyl groups is 1. The molecule has 128 valence electrons. The number of nitrogens with zero attached hydrogens (tertiary/aromatic N) is 1. The number of nitrogens with one attached hydrogen (secondary N) is 1. The molecule has 2 rings (SSSR count). The molecule has 1 unspecified atom stereocenters. The molecule has 1 aromatic carbocycles. The summed E-state index contributed by atoms with van der Waals surface area (Å²) < 4.78 is 0. The first kappa shape index (κ1) is 21.8. The van der Waals surface area contributed by atoms with E-state index < -0.39 is 0 Å².